The monoisotopic (exact) mass is 311 g/mol. The van der Waals surface area contributed by atoms with Crippen LogP contribution < -0.4 is 9.47 Å². The number of rotatable bonds is 4. The highest BCUT2D eigenvalue weighted by atomic mass is 19.1. The van der Waals surface area contributed by atoms with Crippen LogP contribution in [0, 0.1) is 11.2 Å². The summed E-state index contributed by atoms with van der Waals surface area (Å²) in [4.78, 5) is 25.0. The van der Waals surface area contributed by atoms with Gasteiger partial charge in [0, 0.05) is 19.2 Å². The molecule has 1 aromatic carbocycles. The van der Waals surface area contributed by atoms with Crippen LogP contribution in [0.15, 0.2) is 12.1 Å². The first-order valence-electron chi connectivity index (χ1n) is 6.76. The van der Waals surface area contributed by atoms with Gasteiger partial charge in [-0.2, -0.15) is 0 Å². The standard InChI is InChI=1S/C15H18FNO5/c1-15(14(19)20)4-5-17(8-15)13(18)9-6-11(21-2)12(22-3)7-10(9)16/h6-7H,4-5,8H2,1-3H3,(H,19,20). The minimum Gasteiger partial charge on any atom is -0.493 e. The molecule has 120 valence electrons. The first-order chi connectivity index (χ1) is 10.3. The van der Waals surface area contributed by atoms with Crippen LogP contribution in [0.4, 0.5) is 4.39 Å². The van der Waals surface area contributed by atoms with Gasteiger partial charge in [-0.25, -0.2) is 4.39 Å². The van der Waals surface area contributed by atoms with Gasteiger partial charge in [0.25, 0.3) is 5.91 Å². The summed E-state index contributed by atoms with van der Waals surface area (Å²) in [5.41, 5.74) is -1.16. The second kappa shape index (κ2) is 5.82. The average molecular weight is 311 g/mol. The maximum Gasteiger partial charge on any atom is 0.311 e. The zero-order valence-electron chi connectivity index (χ0n) is 12.7. The summed E-state index contributed by atoms with van der Waals surface area (Å²) in [5.74, 6) is -1.81. The quantitative estimate of drug-likeness (QED) is 0.917. The van der Waals surface area contributed by atoms with E-state index in [0.717, 1.165) is 6.07 Å². The van der Waals surface area contributed by atoms with Crippen molar-refractivity contribution >= 4 is 11.9 Å². The fourth-order valence-electron chi connectivity index (χ4n) is 2.50. The van der Waals surface area contributed by atoms with Gasteiger partial charge in [0.1, 0.15) is 5.82 Å². The van der Waals surface area contributed by atoms with Crippen LogP contribution in [-0.4, -0.2) is 49.2 Å². The molecule has 7 heteroatoms. The highest BCUT2D eigenvalue weighted by Gasteiger charge is 2.42. The van der Waals surface area contributed by atoms with Crippen molar-refractivity contribution in [3.8, 4) is 11.5 Å². The van der Waals surface area contributed by atoms with Gasteiger partial charge in [-0.3, -0.25) is 9.59 Å². The van der Waals surface area contributed by atoms with E-state index in [-0.39, 0.29) is 30.2 Å². The zero-order valence-corrected chi connectivity index (χ0v) is 12.7. The van der Waals surface area contributed by atoms with E-state index in [2.05, 4.69) is 0 Å². The lowest BCUT2D eigenvalue weighted by atomic mass is 9.90. The summed E-state index contributed by atoms with van der Waals surface area (Å²) < 4.78 is 24.2. The number of halogens is 1. The minimum absolute atomic E-state index is 0.0505. The Morgan fingerprint density at radius 3 is 2.36 bits per heavy atom. The number of carbonyl (C=O) groups excluding carboxylic acids is 1. The molecule has 1 unspecified atom stereocenters. The Labute approximate surface area is 127 Å². The number of carboxylic acids is 1. The molecule has 0 bridgehead atoms. The molecule has 0 aliphatic carbocycles. The van der Waals surface area contributed by atoms with Crippen LogP contribution in [0.25, 0.3) is 0 Å². The number of carbonyl (C=O) groups is 2. The molecule has 1 aromatic rings. The van der Waals surface area contributed by atoms with E-state index in [1.807, 2.05) is 0 Å². The number of carboxylic acid groups (broad SMARTS) is 1. The van der Waals surface area contributed by atoms with Crippen LogP contribution in [0.1, 0.15) is 23.7 Å². The number of ether oxygens (including phenoxy) is 2. The van der Waals surface area contributed by atoms with Gasteiger partial charge in [-0.15, -0.1) is 0 Å². The second-order valence-electron chi connectivity index (χ2n) is 5.53. The topological polar surface area (TPSA) is 76.1 Å². The fourth-order valence-corrected chi connectivity index (χ4v) is 2.50. The van der Waals surface area contributed by atoms with Crippen LogP contribution in [0.2, 0.25) is 0 Å². The van der Waals surface area contributed by atoms with E-state index in [1.54, 1.807) is 6.92 Å². The van der Waals surface area contributed by atoms with Crippen molar-refractivity contribution in [3.63, 3.8) is 0 Å². The minimum atomic E-state index is -0.997. The summed E-state index contributed by atoms with van der Waals surface area (Å²) in [6, 6.07) is 2.35. The number of amides is 1. The lowest BCUT2D eigenvalue weighted by Crippen LogP contribution is -2.35. The van der Waals surface area contributed by atoms with Crippen molar-refractivity contribution in [1.29, 1.82) is 0 Å². The lowest BCUT2D eigenvalue weighted by Gasteiger charge is -2.21. The molecule has 1 fully saturated rings. The van der Waals surface area contributed by atoms with Crippen molar-refractivity contribution < 1.29 is 28.6 Å². The number of likely N-dealkylation sites (tertiary alicyclic amines) is 1. The Morgan fingerprint density at radius 1 is 1.27 bits per heavy atom. The molecule has 2 rings (SSSR count). The summed E-state index contributed by atoms with van der Waals surface area (Å²) >= 11 is 0. The maximum absolute atomic E-state index is 14.1. The van der Waals surface area contributed by atoms with E-state index in [1.165, 1.54) is 25.2 Å². The van der Waals surface area contributed by atoms with Crippen molar-refractivity contribution in [2.45, 2.75) is 13.3 Å². The first kappa shape index (κ1) is 16.1. The number of nitrogens with zero attached hydrogens (tertiary/aromatic N) is 1. The molecular weight excluding hydrogens is 293 g/mol. The van der Waals surface area contributed by atoms with E-state index in [9.17, 15) is 19.1 Å². The Kier molecular flexibility index (Phi) is 4.25. The predicted molar refractivity (Wildman–Crippen MR) is 75.8 cm³/mol. The van der Waals surface area contributed by atoms with Crippen molar-refractivity contribution in [1.82, 2.24) is 4.90 Å². The van der Waals surface area contributed by atoms with E-state index < -0.39 is 23.1 Å². The SMILES string of the molecule is COc1cc(F)c(C(=O)N2CCC(C)(C(=O)O)C2)cc1OC. The number of benzene rings is 1. The van der Waals surface area contributed by atoms with Gasteiger partial charge in [-0.05, 0) is 19.4 Å². The van der Waals surface area contributed by atoms with E-state index in [4.69, 9.17) is 9.47 Å². The second-order valence-corrected chi connectivity index (χ2v) is 5.53. The van der Waals surface area contributed by atoms with Gasteiger partial charge in [0.15, 0.2) is 11.5 Å². The van der Waals surface area contributed by atoms with Crippen LogP contribution in [-0.2, 0) is 4.79 Å². The molecule has 1 N–H and O–H groups in total. The highest BCUT2D eigenvalue weighted by molar-refractivity contribution is 5.96. The normalized spacial score (nSPS) is 20.8. The number of aliphatic carboxylic acids is 1. The largest absolute Gasteiger partial charge is 0.493 e. The molecular formula is C15H18FNO5. The van der Waals surface area contributed by atoms with E-state index >= 15 is 0 Å². The molecule has 6 nitrogen and oxygen atoms in total. The van der Waals surface area contributed by atoms with Gasteiger partial charge in [0.05, 0.1) is 25.2 Å². The predicted octanol–water partition coefficient (Wildman–Crippen LogP) is 1.78. The number of hydrogen-bond donors (Lipinski definition) is 1. The fraction of sp³-hybridized carbons (Fsp3) is 0.467. The van der Waals surface area contributed by atoms with Crippen LogP contribution in [0.3, 0.4) is 0 Å². The third-order valence-electron chi connectivity index (χ3n) is 3.98. The highest BCUT2D eigenvalue weighted by Crippen LogP contribution is 2.34. The Bertz CT molecular complexity index is 618. The Hall–Kier alpha value is -2.31. The van der Waals surface area contributed by atoms with Gasteiger partial charge in [-0.1, -0.05) is 0 Å². The molecule has 1 atom stereocenters. The third-order valence-corrected chi connectivity index (χ3v) is 3.98. The van der Waals surface area contributed by atoms with Crippen molar-refractivity contribution in [3.05, 3.63) is 23.5 Å². The summed E-state index contributed by atoms with van der Waals surface area (Å²) in [6.45, 7) is 1.90. The Balaban J connectivity index is 2.29. The molecule has 0 aromatic heterocycles. The molecule has 22 heavy (non-hydrogen) atoms. The summed E-state index contributed by atoms with van der Waals surface area (Å²) in [5, 5.41) is 9.20. The third kappa shape index (κ3) is 2.70. The van der Waals surface area contributed by atoms with Crippen LogP contribution in [0.5, 0.6) is 11.5 Å². The molecule has 0 spiro atoms. The van der Waals surface area contributed by atoms with Crippen molar-refractivity contribution in [2.24, 2.45) is 5.41 Å². The van der Waals surface area contributed by atoms with Gasteiger partial charge in [0.2, 0.25) is 0 Å². The molecule has 1 heterocycles. The van der Waals surface area contributed by atoms with Crippen LogP contribution >= 0.6 is 0 Å². The molecule has 1 saturated heterocycles. The summed E-state index contributed by atoms with van der Waals surface area (Å²) in [6.07, 6.45) is 0.336. The molecule has 1 aliphatic heterocycles. The molecule has 0 radical (unpaired) electrons. The average Bonchev–Trinajstić information content (AvgIpc) is 2.90. The maximum atomic E-state index is 14.1. The molecule has 1 amide bonds. The Morgan fingerprint density at radius 2 is 1.86 bits per heavy atom. The summed E-state index contributed by atoms with van der Waals surface area (Å²) in [7, 11) is 2.76. The number of hydrogen-bond acceptors (Lipinski definition) is 4. The van der Waals surface area contributed by atoms with Gasteiger partial charge < -0.3 is 19.5 Å². The van der Waals surface area contributed by atoms with Crippen molar-refractivity contribution in [2.75, 3.05) is 27.3 Å². The van der Waals surface area contributed by atoms with E-state index in [0.29, 0.717) is 6.42 Å². The zero-order chi connectivity index (χ0) is 16.5. The first-order valence-corrected chi connectivity index (χ1v) is 6.76. The molecule has 1 aliphatic rings. The smallest absolute Gasteiger partial charge is 0.311 e. The lowest BCUT2D eigenvalue weighted by molar-refractivity contribution is -0.147. The van der Waals surface area contributed by atoms with Gasteiger partial charge >= 0.3 is 5.97 Å². The molecule has 0 saturated carbocycles. The number of methoxy groups -OCH3 is 2.